The molecular weight excluding hydrogens is 409 g/mol. The Morgan fingerprint density at radius 2 is 1.62 bits per heavy atom. The van der Waals surface area contributed by atoms with Gasteiger partial charge in [-0.3, -0.25) is 9.59 Å². The van der Waals surface area contributed by atoms with Crippen molar-refractivity contribution >= 4 is 17.5 Å². The second-order valence-corrected chi connectivity index (χ2v) is 8.38. The van der Waals surface area contributed by atoms with Crippen LogP contribution in [0.2, 0.25) is 0 Å². The summed E-state index contributed by atoms with van der Waals surface area (Å²) in [6, 6.07) is 12.9. The fourth-order valence-corrected chi connectivity index (χ4v) is 4.28. The van der Waals surface area contributed by atoms with E-state index in [0.29, 0.717) is 25.3 Å². The van der Waals surface area contributed by atoms with Gasteiger partial charge in [0.25, 0.3) is 5.91 Å². The molecule has 2 aliphatic rings. The van der Waals surface area contributed by atoms with Crippen LogP contribution in [0.15, 0.2) is 48.5 Å². The molecule has 2 heterocycles. The van der Waals surface area contributed by atoms with Crippen molar-refractivity contribution in [1.82, 2.24) is 9.80 Å². The first-order chi connectivity index (χ1) is 15.6. The summed E-state index contributed by atoms with van der Waals surface area (Å²) in [6.07, 6.45) is 4.96. The average molecular weight is 440 g/mol. The van der Waals surface area contributed by atoms with Crippen LogP contribution in [0, 0.1) is 5.82 Å². The topological polar surface area (TPSA) is 53.1 Å². The van der Waals surface area contributed by atoms with E-state index in [2.05, 4.69) is 4.90 Å². The number of carbonyl (C=O) groups is 2. The first-order valence-corrected chi connectivity index (χ1v) is 11.4. The largest absolute Gasteiger partial charge is 0.494 e. The van der Waals surface area contributed by atoms with Crippen LogP contribution in [0.4, 0.5) is 10.1 Å². The third-order valence-electron chi connectivity index (χ3n) is 6.08. The molecule has 0 spiro atoms. The van der Waals surface area contributed by atoms with Crippen molar-refractivity contribution in [1.29, 1.82) is 0 Å². The van der Waals surface area contributed by atoms with Crippen molar-refractivity contribution in [3.8, 4) is 5.75 Å². The Bertz CT molecular complexity index is 911. The van der Waals surface area contributed by atoms with Crippen LogP contribution in [0.1, 0.15) is 36.0 Å². The molecule has 0 unspecified atom stereocenters. The maximum Gasteiger partial charge on any atom is 0.254 e. The molecular formula is C25H30FN3O3. The van der Waals surface area contributed by atoms with Gasteiger partial charge in [0.2, 0.25) is 5.91 Å². The summed E-state index contributed by atoms with van der Waals surface area (Å²) in [5.74, 6) is 0.00931. The van der Waals surface area contributed by atoms with E-state index in [1.54, 1.807) is 4.90 Å². The summed E-state index contributed by atoms with van der Waals surface area (Å²) in [5.41, 5.74) is 1.18. The maximum atomic E-state index is 13.1. The van der Waals surface area contributed by atoms with Gasteiger partial charge in [0.05, 0.1) is 6.61 Å². The number of carbonyl (C=O) groups excluding carboxylic acids is 2. The fraction of sp³-hybridized carbons (Fsp3) is 0.440. The molecule has 0 N–H and O–H groups in total. The first kappa shape index (κ1) is 22.3. The first-order valence-electron chi connectivity index (χ1n) is 11.4. The van der Waals surface area contributed by atoms with E-state index in [-0.39, 0.29) is 18.4 Å². The van der Waals surface area contributed by atoms with Crippen LogP contribution in [-0.4, -0.2) is 67.5 Å². The Morgan fingerprint density at radius 1 is 0.906 bits per heavy atom. The number of hydrogen-bond donors (Lipinski definition) is 0. The van der Waals surface area contributed by atoms with E-state index < -0.39 is 5.82 Å². The zero-order chi connectivity index (χ0) is 22.3. The lowest BCUT2D eigenvalue weighted by molar-refractivity contribution is -0.120. The number of ether oxygens (including phenoxy) is 1. The number of benzene rings is 2. The minimum absolute atomic E-state index is 0.00492. The lowest BCUT2D eigenvalue weighted by Crippen LogP contribution is -2.52. The van der Waals surface area contributed by atoms with E-state index in [0.717, 1.165) is 24.4 Å². The number of anilines is 1. The molecule has 0 radical (unpaired) electrons. The highest BCUT2D eigenvalue weighted by molar-refractivity contribution is 6.01. The molecule has 2 saturated heterocycles. The van der Waals surface area contributed by atoms with Gasteiger partial charge in [-0.05, 0) is 80.9 Å². The maximum absolute atomic E-state index is 13.1. The number of halogens is 1. The van der Waals surface area contributed by atoms with Gasteiger partial charge in [-0.15, -0.1) is 0 Å². The van der Waals surface area contributed by atoms with E-state index in [4.69, 9.17) is 4.74 Å². The van der Waals surface area contributed by atoms with Gasteiger partial charge in [0.1, 0.15) is 18.1 Å². The molecule has 2 fully saturated rings. The van der Waals surface area contributed by atoms with E-state index in [9.17, 15) is 14.0 Å². The van der Waals surface area contributed by atoms with Crippen LogP contribution < -0.4 is 9.64 Å². The number of hydrogen-bond acceptors (Lipinski definition) is 4. The van der Waals surface area contributed by atoms with Crippen LogP contribution in [-0.2, 0) is 4.79 Å². The predicted octanol–water partition coefficient (Wildman–Crippen LogP) is 3.57. The Hall–Kier alpha value is -2.93. The van der Waals surface area contributed by atoms with Gasteiger partial charge in [0, 0.05) is 30.9 Å². The summed E-state index contributed by atoms with van der Waals surface area (Å²) in [4.78, 5) is 31.0. The molecule has 2 aromatic rings. The van der Waals surface area contributed by atoms with Crippen molar-refractivity contribution in [3.63, 3.8) is 0 Å². The summed E-state index contributed by atoms with van der Waals surface area (Å²) in [7, 11) is 0. The van der Waals surface area contributed by atoms with Gasteiger partial charge in [0.15, 0.2) is 0 Å². The highest BCUT2D eigenvalue weighted by atomic mass is 19.1. The van der Waals surface area contributed by atoms with E-state index >= 15 is 0 Å². The summed E-state index contributed by atoms with van der Waals surface area (Å²) in [6.45, 7) is 5.01. The van der Waals surface area contributed by atoms with E-state index in [1.165, 1.54) is 61.5 Å². The number of rotatable bonds is 7. The molecule has 2 amide bonds. The van der Waals surface area contributed by atoms with Gasteiger partial charge < -0.3 is 19.4 Å². The zero-order valence-corrected chi connectivity index (χ0v) is 18.3. The van der Waals surface area contributed by atoms with Crippen molar-refractivity contribution in [3.05, 3.63) is 59.9 Å². The molecule has 6 nitrogen and oxygen atoms in total. The molecule has 0 aromatic heterocycles. The molecule has 2 aromatic carbocycles. The van der Waals surface area contributed by atoms with Gasteiger partial charge in [-0.25, -0.2) is 4.39 Å². The zero-order valence-electron chi connectivity index (χ0n) is 18.3. The fourth-order valence-electron chi connectivity index (χ4n) is 4.28. The summed E-state index contributed by atoms with van der Waals surface area (Å²) < 4.78 is 19.0. The smallest absolute Gasteiger partial charge is 0.254 e. The van der Waals surface area contributed by atoms with Crippen molar-refractivity contribution in [2.24, 2.45) is 0 Å². The quantitative estimate of drug-likeness (QED) is 0.619. The van der Waals surface area contributed by atoms with Gasteiger partial charge in [-0.1, -0.05) is 6.42 Å². The minimum Gasteiger partial charge on any atom is -0.494 e. The number of piperazine rings is 1. The number of amides is 2. The molecule has 170 valence electrons. The summed E-state index contributed by atoms with van der Waals surface area (Å²) in [5, 5.41) is 0. The Morgan fingerprint density at radius 3 is 2.31 bits per heavy atom. The SMILES string of the molecule is O=C(c1ccc(F)cc1)N1CCN(c2ccc(OCCCN3CCCCC3)cc2)C(=O)C1. The van der Waals surface area contributed by atoms with Gasteiger partial charge in [-0.2, -0.15) is 0 Å². The Balaban J connectivity index is 1.25. The molecule has 32 heavy (non-hydrogen) atoms. The second-order valence-electron chi connectivity index (χ2n) is 8.38. The standard InChI is InChI=1S/C25H30FN3O3/c26-21-7-5-20(6-8-21)25(31)28-16-17-29(24(30)19-28)22-9-11-23(12-10-22)32-18-4-15-27-13-2-1-3-14-27/h5-12H,1-4,13-19H2. The third-order valence-corrected chi connectivity index (χ3v) is 6.08. The molecule has 0 saturated carbocycles. The Kier molecular flexibility index (Phi) is 7.37. The Labute approximate surface area is 188 Å². The minimum atomic E-state index is -0.392. The number of piperidine rings is 1. The molecule has 7 heteroatoms. The van der Waals surface area contributed by atoms with Crippen LogP contribution >= 0.6 is 0 Å². The van der Waals surface area contributed by atoms with Crippen LogP contribution in [0.3, 0.4) is 0 Å². The van der Waals surface area contributed by atoms with Gasteiger partial charge >= 0.3 is 0 Å². The predicted molar refractivity (Wildman–Crippen MR) is 122 cm³/mol. The van der Waals surface area contributed by atoms with Crippen molar-refractivity contribution in [2.75, 3.05) is 50.8 Å². The molecule has 2 aliphatic heterocycles. The number of nitrogens with zero attached hydrogens (tertiary/aromatic N) is 3. The van der Waals surface area contributed by atoms with Crippen molar-refractivity contribution in [2.45, 2.75) is 25.7 Å². The molecule has 0 atom stereocenters. The van der Waals surface area contributed by atoms with Crippen molar-refractivity contribution < 1.29 is 18.7 Å². The summed E-state index contributed by atoms with van der Waals surface area (Å²) >= 11 is 0. The molecule has 0 aliphatic carbocycles. The normalized spacial score (nSPS) is 17.5. The highest BCUT2D eigenvalue weighted by Crippen LogP contribution is 2.22. The molecule has 0 bridgehead atoms. The monoisotopic (exact) mass is 439 g/mol. The average Bonchev–Trinajstić information content (AvgIpc) is 2.83. The van der Waals surface area contributed by atoms with Crippen LogP contribution in [0.25, 0.3) is 0 Å². The lowest BCUT2D eigenvalue weighted by atomic mass is 10.1. The second kappa shape index (κ2) is 10.6. The molecule has 4 rings (SSSR count). The number of likely N-dealkylation sites (tertiary alicyclic amines) is 1. The lowest BCUT2D eigenvalue weighted by Gasteiger charge is -2.34. The van der Waals surface area contributed by atoms with Crippen LogP contribution in [0.5, 0.6) is 5.75 Å². The third kappa shape index (κ3) is 5.65. The van der Waals surface area contributed by atoms with E-state index in [1.807, 2.05) is 24.3 Å². The highest BCUT2D eigenvalue weighted by Gasteiger charge is 2.28.